The molecule has 0 atom stereocenters. The third kappa shape index (κ3) is 2.45. The number of carboxylic acids is 1. The number of non-ortho nitro benzene ring substituents is 1. The van der Waals surface area contributed by atoms with Gasteiger partial charge in [0.25, 0.3) is 5.69 Å². The Labute approximate surface area is 88.8 Å². The number of aromatic carboxylic acids is 1. The number of nitrogens with zero attached hydrogens (tertiary/aromatic N) is 1. The Morgan fingerprint density at radius 1 is 1.43 bits per heavy atom. The summed E-state index contributed by atoms with van der Waals surface area (Å²) in [6.07, 6.45) is 0. The van der Waals surface area contributed by atoms with Crippen molar-refractivity contribution in [3.63, 3.8) is 0 Å². The van der Waals surface area contributed by atoms with E-state index in [0.717, 1.165) is 18.2 Å². The summed E-state index contributed by atoms with van der Waals surface area (Å²) in [6, 6.07) is 2.81. The summed E-state index contributed by atoms with van der Waals surface area (Å²) < 4.78 is 0. The van der Waals surface area contributed by atoms with Crippen molar-refractivity contribution >= 4 is 11.7 Å². The molecule has 0 fully saturated rings. The number of carbonyl (C=O) groups is 1. The number of aromatic hydroxyl groups is 1. The first-order valence-electron chi connectivity index (χ1n) is 3.23. The van der Waals surface area contributed by atoms with Gasteiger partial charge in [-0.25, -0.2) is 4.79 Å². The largest absolute Gasteiger partial charge is 0.507 e. The first-order chi connectivity index (χ1) is 6.02. The van der Waals surface area contributed by atoms with Crippen molar-refractivity contribution < 1.29 is 37.0 Å². The standard InChI is InChI=1S/C7H5NO5.Cu/c9-6-2-1-4(8(12)13)3-5(6)7(10)11;/h1-3,9H,(H,10,11);. The molecule has 7 heteroatoms. The molecule has 0 spiro atoms. The van der Waals surface area contributed by atoms with Gasteiger partial charge in [0.2, 0.25) is 0 Å². The van der Waals surface area contributed by atoms with Gasteiger partial charge in [-0.3, -0.25) is 10.1 Å². The third-order valence-electron chi connectivity index (χ3n) is 1.42. The van der Waals surface area contributed by atoms with E-state index in [2.05, 4.69) is 0 Å². The maximum Gasteiger partial charge on any atom is 0.339 e. The Morgan fingerprint density at radius 2 is 2.00 bits per heavy atom. The Morgan fingerprint density at radius 3 is 2.43 bits per heavy atom. The van der Waals surface area contributed by atoms with Gasteiger partial charge in [-0.1, -0.05) is 0 Å². The fraction of sp³-hybridized carbons (Fsp3) is 0. The Balaban J connectivity index is 0.00000169. The van der Waals surface area contributed by atoms with E-state index in [0.29, 0.717) is 0 Å². The van der Waals surface area contributed by atoms with Crippen LogP contribution in [0.5, 0.6) is 5.75 Å². The monoisotopic (exact) mass is 246 g/mol. The first-order valence-corrected chi connectivity index (χ1v) is 3.23. The van der Waals surface area contributed by atoms with Crippen LogP contribution in [-0.4, -0.2) is 21.1 Å². The second-order valence-corrected chi connectivity index (χ2v) is 2.26. The molecular formula is C7H5CuNO5. The average molecular weight is 247 g/mol. The predicted molar refractivity (Wildman–Crippen MR) is 41.7 cm³/mol. The molecule has 0 aliphatic rings. The van der Waals surface area contributed by atoms with Crippen LogP contribution in [0.3, 0.4) is 0 Å². The van der Waals surface area contributed by atoms with E-state index >= 15 is 0 Å². The molecule has 0 heterocycles. The van der Waals surface area contributed by atoms with Crippen molar-refractivity contribution in [2.45, 2.75) is 0 Å². The third-order valence-corrected chi connectivity index (χ3v) is 1.42. The van der Waals surface area contributed by atoms with Crippen LogP contribution in [-0.2, 0) is 17.1 Å². The number of hydrogen-bond acceptors (Lipinski definition) is 4. The van der Waals surface area contributed by atoms with Gasteiger partial charge in [0.15, 0.2) is 0 Å². The van der Waals surface area contributed by atoms with Crippen LogP contribution in [0.15, 0.2) is 18.2 Å². The molecule has 0 saturated carbocycles. The van der Waals surface area contributed by atoms with Crippen LogP contribution >= 0.6 is 0 Å². The van der Waals surface area contributed by atoms with Crippen LogP contribution in [0.1, 0.15) is 10.4 Å². The number of carboxylic acid groups (broad SMARTS) is 1. The van der Waals surface area contributed by atoms with Crippen molar-refractivity contribution in [3.05, 3.63) is 33.9 Å². The maximum absolute atomic E-state index is 10.4. The molecule has 6 nitrogen and oxygen atoms in total. The number of phenols is 1. The van der Waals surface area contributed by atoms with Gasteiger partial charge in [0.1, 0.15) is 11.3 Å². The number of nitro benzene ring substituents is 1. The van der Waals surface area contributed by atoms with E-state index in [4.69, 9.17) is 10.2 Å². The van der Waals surface area contributed by atoms with Gasteiger partial charge in [-0.2, -0.15) is 0 Å². The zero-order valence-electron chi connectivity index (χ0n) is 6.60. The van der Waals surface area contributed by atoms with E-state index in [1.165, 1.54) is 0 Å². The Kier molecular flexibility index (Phi) is 4.07. The average Bonchev–Trinajstić information content (AvgIpc) is 2.04. The molecule has 1 aromatic carbocycles. The van der Waals surface area contributed by atoms with Gasteiger partial charge in [0, 0.05) is 29.2 Å². The second kappa shape index (κ2) is 4.59. The van der Waals surface area contributed by atoms with Gasteiger partial charge < -0.3 is 10.2 Å². The summed E-state index contributed by atoms with van der Waals surface area (Å²) in [7, 11) is 0. The summed E-state index contributed by atoms with van der Waals surface area (Å²) in [5.74, 6) is -1.89. The van der Waals surface area contributed by atoms with Gasteiger partial charge in [-0.15, -0.1) is 0 Å². The van der Waals surface area contributed by atoms with Crippen LogP contribution in [0, 0.1) is 10.1 Å². The summed E-state index contributed by atoms with van der Waals surface area (Å²) in [6.45, 7) is 0. The van der Waals surface area contributed by atoms with E-state index < -0.39 is 22.2 Å². The molecule has 1 radical (unpaired) electrons. The zero-order valence-corrected chi connectivity index (χ0v) is 7.54. The zero-order chi connectivity index (χ0) is 10.0. The SMILES string of the molecule is O=C(O)c1cc([N+](=O)[O-])ccc1O.[Cu]. The Bertz CT molecular complexity index is 378. The molecular weight excluding hydrogens is 242 g/mol. The number of rotatable bonds is 2. The molecule has 0 aliphatic carbocycles. The van der Waals surface area contributed by atoms with Crippen LogP contribution in [0.4, 0.5) is 5.69 Å². The summed E-state index contributed by atoms with van der Waals surface area (Å²) >= 11 is 0. The minimum atomic E-state index is -1.40. The first kappa shape index (κ1) is 12.4. The van der Waals surface area contributed by atoms with E-state index in [1.54, 1.807) is 0 Å². The minimum Gasteiger partial charge on any atom is -0.507 e. The molecule has 0 bridgehead atoms. The van der Waals surface area contributed by atoms with Gasteiger partial charge >= 0.3 is 5.97 Å². The topological polar surface area (TPSA) is 101 Å². The fourth-order valence-corrected chi connectivity index (χ4v) is 0.809. The van der Waals surface area contributed by atoms with Crippen LogP contribution < -0.4 is 0 Å². The minimum absolute atomic E-state index is 0. The molecule has 79 valence electrons. The molecule has 0 aliphatic heterocycles. The quantitative estimate of drug-likeness (QED) is 0.460. The van der Waals surface area contributed by atoms with Gasteiger partial charge in [-0.05, 0) is 6.07 Å². The molecule has 2 N–H and O–H groups in total. The molecule has 0 saturated heterocycles. The maximum atomic E-state index is 10.4. The number of hydrogen-bond donors (Lipinski definition) is 2. The van der Waals surface area contributed by atoms with Crippen molar-refractivity contribution in [1.29, 1.82) is 0 Å². The van der Waals surface area contributed by atoms with Crippen molar-refractivity contribution in [3.8, 4) is 5.75 Å². The normalized spacial score (nSPS) is 8.86. The fourth-order valence-electron chi connectivity index (χ4n) is 0.809. The molecule has 14 heavy (non-hydrogen) atoms. The molecule has 0 amide bonds. The molecule has 1 aromatic rings. The van der Waals surface area contributed by atoms with Crippen molar-refractivity contribution in [1.82, 2.24) is 0 Å². The summed E-state index contributed by atoms with van der Waals surface area (Å²) in [5.41, 5.74) is -0.843. The Hall–Kier alpha value is -1.59. The smallest absolute Gasteiger partial charge is 0.339 e. The van der Waals surface area contributed by atoms with E-state index in [9.17, 15) is 14.9 Å². The number of nitro groups is 1. The van der Waals surface area contributed by atoms with E-state index in [-0.39, 0.29) is 22.8 Å². The second-order valence-electron chi connectivity index (χ2n) is 2.26. The molecule has 0 aromatic heterocycles. The predicted octanol–water partition coefficient (Wildman–Crippen LogP) is 0.996. The van der Waals surface area contributed by atoms with Crippen LogP contribution in [0.25, 0.3) is 0 Å². The van der Waals surface area contributed by atoms with E-state index in [1.807, 2.05) is 0 Å². The van der Waals surface area contributed by atoms with Crippen LogP contribution in [0.2, 0.25) is 0 Å². The van der Waals surface area contributed by atoms with Gasteiger partial charge in [0.05, 0.1) is 4.92 Å². The summed E-state index contributed by atoms with van der Waals surface area (Å²) in [4.78, 5) is 19.9. The molecule has 1 rings (SSSR count). The summed E-state index contributed by atoms with van der Waals surface area (Å²) in [5, 5.41) is 27.7. The van der Waals surface area contributed by atoms with Crippen molar-refractivity contribution in [2.24, 2.45) is 0 Å². The molecule has 0 unspecified atom stereocenters. The van der Waals surface area contributed by atoms with Crippen molar-refractivity contribution in [2.75, 3.05) is 0 Å². The number of benzene rings is 1.